The van der Waals surface area contributed by atoms with E-state index in [0.29, 0.717) is 11.6 Å². The zero-order chi connectivity index (χ0) is 10.7. The highest BCUT2D eigenvalue weighted by Gasteiger charge is 2.40. The van der Waals surface area contributed by atoms with Gasteiger partial charge in [0.1, 0.15) is 0 Å². The van der Waals surface area contributed by atoms with Crippen LogP contribution in [0.25, 0.3) is 0 Å². The first-order chi connectivity index (χ1) is 7.28. The van der Waals surface area contributed by atoms with Crippen LogP contribution >= 0.6 is 0 Å². The van der Waals surface area contributed by atoms with Gasteiger partial charge in [0.05, 0.1) is 0 Å². The van der Waals surface area contributed by atoms with Crippen LogP contribution in [0.3, 0.4) is 0 Å². The Hall–Kier alpha value is -0.340. The van der Waals surface area contributed by atoms with Crippen LogP contribution in [-0.4, -0.2) is 36.1 Å². The molecule has 0 radical (unpaired) electrons. The minimum atomic E-state index is 0.449. The van der Waals surface area contributed by atoms with Crippen molar-refractivity contribution in [1.29, 1.82) is 0 Å². The average Bonchev–Trinajstić information content (AvgIpc) is 2.30. The Labute approximate surface area is 93.7 Å². The van der Waals surface area contributed by atoms with E-state index in [2.05, 4.69) is 29.8 Å². The van der Waals surface area contributed by atoms with Crippen molar-refractivity contribution in [3.8, 4) is 0 Å². The largest absolute Gasteiger partial charge is 0.314 e. The SMILES string of the molecule is C=CC(C)N1CCNCC12CCCCC2. The summed E-state index contributed by atoms with van der Waals surface area (Å²) in [5.74, 6) is 0. The molecule has 0 aromatic rings. The Morgan fingerprint density at radius 2 is 2.07 bits per heavy atom. The van der Waals surface area contributed by atoms with Crippen molar-refractivity contribution in [3.05, 3.63) is 12.7 Å². The molecule has 15 heavy (non-hydrogen) atoms. The number of nitrogens with zero attached hydrogens (tertiary/aromatic N) is 1. The van der Waals surface area contributed by atoms with Gasteiger partial charge in [-0.2, -0.15) is 0 Å². The molecule has 1 saturated carbocycles. The van der Waals surface area contributed by atoms with E-state index in [0.717, 1.165) is 6.54 Å². The van der Waals surface area contributed by atoms with Crippen LogP contribution in [0.4, 0.5) is 0 Å². The van der Waals surface area contributed by atoms with Crippen molar-refractivity contribution in [2.24, 2.45) is 0 Å². The van der Waals surface area contributed by atoms with Gasteiger partial charge in [-0.05, 0) is 19.8 Å². The van der Waals surface area contributed by atoms with Gasteiger partial charge < -0.3 is 5.32 Å². The second kappa shape index (κ2) is 4.67. The van der Waals surface area contributed by atoms with Crippen LogP contribution in [-0.2, 0) is 0 Å². The smallest absolute Gasteiger partial charge is 0.0340 e. The molecule has 2 nitrogen and oxygen atoms in total. The Bertz CT molecular complexity index is 210. The first-order valence-corrected chi connectivity index (χ1v) is 6.38. The van der Waals surface area contributed by atoms with E-state index in [4.69, 9.17) is 0 Å². The second-order valence-corrected chi connectivity index (χ2v) is 5.13. The van der Waals surface area contributed by atoms with E-state index in [1.54, 1.807) is 0 Å². The maximum Gasteiger partial charge on any atom is 0.0340 e. The molecule has 0 aromatic heterocycles. The molecule has 1 spiro atoms. The van der Waals surface area contributed by atoms with Crippen LogP contribution in [0.2, 0.25) is 0 Å². The summed E-state index contributed by atoms with van der Waals surface area (Å²) < 4.78 is 0. The maximum absolute atomic E-state index is 3.95. The average molecular weight is 208 g/mol. The van der Waals surface area contributed by atoms with Crippen molar-refractivity contribution in [3.63, 3.8) is 0 Å². The fourth-order valence-electron chi connectivity index (χ4n) is 3.30. The highest BCUT2D eigenvalue weighted by molar-refractivity contribution is 5.02. The third kappa shape index (κ3) is 2.11. The summed E-state index contributed by atoms with van der Waals surface area (Å²) in [4.78, 5) is 2.69. The lowest BCUT2D eigenvalue weighted by molar-refractivity contribution is 0.0117. The van der Waals surface area contributed by atoms with Crippen LogP contribution in [0, 0.1) is 0 Å². The van der Waals surface area contributed by atoms with Gasteiger partial charge in [0.15, 0.2) is 0 Å². The topological polar surface area (TPSA) is 15.3 Å². The molecule has 1 heterocycles. The molecule has 1 atom stereocenters. The Morgan fingerprint density at radius 3 is 2.73 bits per heavy atom. The predicted molar refractivity (Wildman–Crippen MR) is 65.1 cm³/mol. The number of nitrogens with one attached hydrogen (secondary N) is 1. The molecule has 2 heteroatoms. The molecule has 2 rings (SSSR count). The molecule has 0 bridgehead atoms. The Balaban J connectivity index is 2.13. The van der Waals surface area contributed by atoms with Crippen molar-refractivity contribution in [2.75, 3.05) is 19.6 Å². The fraction of sp³-hybridized carbons (Fsp3) is 0.846. The summed E-state index contributed by atoms with van der Waals surface area (Å²) in [6.45, 7) is 9.75. The van der Waals surface area contributed by atoms with E-state index in [1.165, 1.54) is 45.2 Å². The standard InChI is InChI=1S/C13H24N2/c1-3-12(2)15-10-9-14-11-13(15)7-5-4-6-8-13/h3,12,14H,1,4-11H2,2H3. The van der Waals surface area contributed by atoms with Crippen molar-refractivity contribution < 1.29 is 0 Å². The summed E-state index contributed by atoms with van der Waals surface area (Å²) in [5, 5.41) is 3.58. The van der Waals surface area contributed by atoms with Crippen molar-refractivity contribution in [2.45, 2.75) is 50.6 Å². The van der Waals surface area contributed by atoms with Crippen LogP contribution in [0.15, 0.2) is 12.7 Å². The molecule has 1 aliphatic carbocycles. The summed E-state index contributed by atoms with van der Waals surface area (Å²) in [7, 11) is 0. The number of rotatable bonds is 2. The van der Waals surface area contributed by atoms with Gasteiger partial charge in [0, 0.05) is 31.2 Å². The highest BCUT2D eigenvalue weighted by Crippen LogP contribution is 2.35. The number of piperazine rings is 1. The third-order valence-corrected chi connectivity index (χ3v) is 4.21. The van der Waals surface area contributed by atoms with Gasteiger partial charge in [-0.25, -0.2) is 0 Å². The minimum Gasteiger partial charge on any atom is -0.314 e. The normalized spacial score (nSPS) is 28.9. The molecule has 2 fully saturated rings. The first kappa shape index (κ1) is 11.2. The lowest BCUT2D eigenvalue weighted by atomic mass is 9.78. The van der Waals surface area contributed by atoms with Gasteiger partial charge in [-0.1, -0.05) is 25.3 Å². The molecule has 1 saturated heterocycles. The van der Waals surface area contributed by atoms with E-state index in [-0.39, 0.29) is 0 Å². The van der Waals surface area contributed by atoms with Gasteiger partial charge in [0.25, 0.3) is 0 Å². The number of hydrogen-bond donors (Lipinski definition) is 1. The Kier molecular flexibility index (Phi) is 3.47. The third-order valence-electron chi connectivity index (χ3n) is 4.21. The molecule has 1 N–H and O–H groups in total. The lowest BCUT2D eigenvalue weighted by Gasteiger charge is -2.52. The summed E-state index contributed by atoms with van der Waals surface area (Å²) in [6, 6.07) is 0.533. The van der Waals surface area contributed by atoms with Crippen LogP contribution in [0.1, 0.15) is 39.0 Å². The quantitative estimate of drug-likeness (QED) is 0.700. The van der Waals surface area contributed by atoms with Crippen LogP contribution in [0.5, 0.6) is 0 Å². The zero-order valence-electron chi connectivity index (χ0n) is 9.97. The van der Waals surface area contributed by atoms with Crippen molar-refractivity contribution in [1.82, 2.24) is 10.2 Å². The van der Waals surface area contributed by atoms with Gasteiger partial charge >= 0.3 is 0 Å². The predicted octanol–water partition coefficient (Wildman–Crippen LogP) is 2.17. The monoisotopic (exact) mass is 208 g/mol. The fourth-order valence-corrected chi connectivity index (χ4v) is 3.30. The van der Waals surface area contributed by atoms with E-state index >= 15 is 0 Å². The van der Waals surface area contributed by atoms with Crippen molar-refractivity contribution >= 4 is 0 Å². The molecule has 0 amide bonds. The van der Waals surface area contributed by atoms with E-state index in [1.807, 2.05) is 0 Å². The molecule has 86 valence electrons. The molecule has 1 aliphatic heterocycles. The van der Waals surface area contributed by atoms with E-state index in [9.17, 15) is 0 Å². The molecular weight excluding hydrogens is 184 g/mol. The molecule has 0 aromatic carbocycles. The second-order valence-electron chi connectivity index (χ2n) is 5.13. The van der Waals surface area contributed by atoms with Gasteiger partial charge in [0.2, 0.25) is 0 Å². The molecule has 2 aliphatic rings. The molecular formula is C13H24N2. The number of hydrogen-bond acceptors (Lipinski definition) is 2. The molecule has 1 unspecified atom stereocenters. The highest BCUT2D eigenvalue weighted by atomic mass is 15.3. The first-order valence-electron chi connectivity index (χ1n) is 6.38. The lowest BCUT2D eigenvalue weighted by Crippen LogP contribution is -2.63. The maximum atomic E-state index is 3.95. The summed E-state index contributed by atoms with van der Waals surface area (Å²) in [6.07, 6.45) is 9.08. The summed E-state index contributed by atoms with van der Waals surface area (Å²) >= 11 is 0. The summed E-state index contributed by atoms with van der Waals surface area (Å²) in [5.41, 5.74) is 0.449. The van der Waals surface area contributed by atoms with E-state index < -0.39 is 0 Å². The van der Waals surface area contributed by atoms with Gasteiger partial charge in [-0.15, -0.1) is 6.58 Å². The Morgan fingerprint density at radius 1 is 1.33 bits per heavy atom. The van der Waals surface area contributed by atoms with Crippen LogP contribution < -0.4 is 5.32 Å². The van der Waals surface area contributed by atoms with Gasteiger partial charge in [-0.3, -0.25) is 4.90 Å². The zero-order valence-corrected chi connectivity index (χ0v) is 9.97. The minimum absolute atomic E-state index is 0.449.